The monoisotopic (exact) mass is 431 g/mol. The SMILES string of the molecule is CCOc1ccc(-c2nc(CSc3nc4sccc4c(=O)[nH]3)cs2)cc1OC. The zero-order chi connectivity index (χ0) is 19.5. The lowest BCUT2D eigenvalue weighted by molar-refractivity contribution is 0.311. The topological polar surface area (TPSA) is 77.1 Å². The molecule has 6 nitrogen and oxygen atoms in total. The minimum absolute atomic E-state index is 0.103. The summed E-state index contributed by atoms with van der Waals surface area (Å²) in [7, 11) is 1.63. The van der Waals surface area contributed by atoms with Crippen molar-refractivity contribution in [1.82, 2.24) is 15.0 Å². The Morgan fingerprint density at radius 2 is 2.07 bits per heavy atom. The van der Waals surface area contributed by atoms with Crippen LogP contribution in [0.1, 0.15) is 12.6 Å². The highest BCUT2D eigenvalue weighted by atomic mass is 32.2. The number of H-pyrrole nitrogens is 1. The fourth-order valence-electron chi connectivity index (χ4n) is 2.64. The van der Waals surface area contributed by atoms with Crippen LogP contribution in [0.3, 0.4) is 0 Å². The summed E-state index contributed by atoms with van der Waals surface area (Å²) in [6.45, 7) is 2.53. The lowest BCUT2D eigenvalue weighted by atomic mass is 10.2. The summed E-state index contributed by atoms with van der Waals surface area (Å²) < 4.78 is 11.0. The van der Waals surface area contributed by atoms with Crippen molar-refractivity contribution in [2.24, 2.45) is 0 Å². The number of hydrogen-bond acceptors (Lipinski definition) is 8. The molecule has 4 rings (SSSR count). The smallest absolute Gasteiger partial charge is 0.260 e. The maximum Gasteiger partial charge on any atom is 0.260 e. The largest absolute Gasteiger partial charge is 0.493 e. The number of rotatable bonds is 7. The van der Waals surface area contributed by atoms with Gasteiger partial charge in [0.2, 0.25) is 0 Å². The zero-order valence-corrected chi connectivity index (χ0v) is 17.7. The van der Waals surface area contributed by atoms with Gasteiger partial charge in [-0.3, -0.25) is 4.79 Å². The molecular weight excluding hydrogens is 414 g/mol. The van der Waals surface area contributed by atoms with E-state index in [0.29, 0.717) is 28.7 Å². The van der Waals surface area contributed by atoms with Crippen LogP contribution in [0.2, 0.25) is 0 Å². The molecule has 0 bridgehead atoms. The Labute approximate surface area is 173 Å². The van der Waals surface area contributed by atoms with Gasteiger partial charge in [0.25, 0.3) is 5.56 Å². The summed E-state index contributed by atoms with van der Waals surface area (Å²) in [6, 6.07) is 7.61. The predicted octanol–water partition coefficient (Wildman–Crippen LogP) is 4.81. The van der Waals surface area contributed by atoms with E-state index in [1.807, 2.05) is 35.9 Å². The Bertz CT molecular complexity index is 1170. The summed E-state index contributed by atoms with van der Waals surface area (Å²) in [5.41, 5.74) is 1.81. The number of nitrogens with zero attached hydrogens (tertiary/aromatic N) is 2. The third kappa shape index (κ3) is 3.91. The number of benzene rings is 1. The Morgan fingerprint density at radius 1 is 1.18 bits per heavy atom. The van der Waals surface area contributed by atoms with Crippen LogP contribution < -0.4 is 15.0 Å². The van der Waals surface area contributed by atoms with Crippen LogP contribution in [-0.4, -0.2) is 28.7 Å². The van der Waals surface area contributed by atoms with Crippen molar-refractivity contribution in [2.75, 3.05) is 13.7 Å². The van der Waals surface area contributed by atoms with Crippen molar-refractivity contribution in [3.8, 4) is 22.1 Å². The van der Waals surface area contributed by atoms with Crippen molar-refractivity contribution in [2.45, 2.75) is 17.8 Å². The standard InChI is InChI=1S/C19H17N3O3S3/c1-3-25-14-5-4-11(8-15(14)24-2)17-20-12(9-27-17)10-28-19-21-16(23)13-6-7-26-18(13)22-19/h4-9H,3,10H2,1-2H3,(H,21,22,23). The normalized spacial score (nSPS) is 11.1. The number of thiazole rings is 1. The van der Waals surface area contributed by atoms with Crippen LogP contribution in [0.15, 0.2) is 45.0 Å². The molecule has 0 saturated heterocycles. The van der Waals surface area contributed by atoms with E-state index in [1.165, 1.54) is 23.1 Å². The summed E-state index contributed by atoms with van der Waals surface area (Å²) in [6.07, 6.45) is 0. The van der Waals surface area contributed by atoms with Gasteiger partial charge in [0, 0.05) is 16.7 Å². The van der Waals surface area contributed by atoms with Crippen LogP contribution in [0.25, 0.3) is 20.8 Å². The molecule has 0 unspecified atom stereocenters. The average molecular weight is 432 g/mol. The molecular formula is C19H17N3O3S3. The lowest BCUT2D eigenvalue weighted by Gasteiger charge is -2.09. The zero-order valence-electron chi connectivity index (χ0n) is 15.2. The average Bonchev–Trinajstić information content (AvgIpc) is 3.36. The van der Waals surface area contributed by atoms with Gasteiger partial charge < -0.3 is 14.5 Å². The van der Waals surface area contributed by atoms with Gasteiger partial charge in [-0.15, -0.1) is 22.7 Å². The first kappa shape index (κ1) is 19.0. The molecule has 0 atom stereocenters. The second-order valence-electron chi connectivity index (χ2n) is 5.74. The highest BCUT2D eigenvalue weighted by Crippen LogP contribution is 2.34. The van der Waals surface area contributed by atoms with Gasteiger partial charge in [-0.25, -0.2) is 9.97 Å². The van der Waals surface area contributed by atoms with Crippen molar-refractivity contribution < 1.29 is 9.47 Å². The number of fused-ring (bicyclic) bond motifs is 1. The first-order valence-corrected chi connectivity index (χ1v) is 11.3. The number of aromatic amines is 1. The van der Waals surface area contributed by atoms with E-state index in [9.17, 15) is 4.79 Å². The van der Waals surface area contributed by atoms with Crippen molar-refractivity contribution >= 4 is 44.7 Å². The van der Waals surface area contributed by atoms with Crippen LogP contribution in [0, 0.1) is 0 Å². The van der Waals surface area contributed by atoms with Gasteiger partial charge in [0.05, 0.1) is 24.8 Å². The Hall–Kier alpha value is -2.36. The summed E-state index contributed by atoms with van der Waals surface area (Å²) in [4.78, 5) is 24.8. The Balaban J connectivity index is 1.50. The number of aromatic nitrogens is 3. The summed E-state index contributed by atoms with van der Waals surface area (Å²) in [5, 5.41) is 6.05. The molecule has 144 valence electrons. The Morgan fingerprint density at radius 3 is 2.89 bits per heavy atom. The third-order valence-corrected chi connectivity index (χ3v) is 6.59. The van der Waals surface area contributed by atoms with Crippen molar-refractivity contribution in [1.29, 1.82) is 0 Å². The molecule has 0 aliphatic rings. The number of thiophene rings is 1. The molecule has 0 fully saturated rings. The third-order valence-electron chi connectivity index (χ3n) is 3.93. The number of ether oxygens (including phenoxy) is 2. The molecule has 0 spiro atoms. The molecule has 0 radical (unpaired) electrons. The van der Waals surface area contributed by atoms with Gasteiger partial charge in [0.15, 0.2) is 16.7 Å². The van der Waals surface area contributed by atoms with E-state index >= 15 is 0 Å². The second-order valence-corrected chi connectivity index (χ2v) is 8.46. The molecule has 4 aromatic rings. The van der Waals surface area contributed by atoms with Gasteiger partial charge >= 0.3 is 0 Å². The van der Waals surface area contributed by atoms with Gasteiger partial charge in [-0.2, -0.15) is 0 Å². The van der Waals surface area contributed by atoms with Gasteiger partial charge in [-0.05, 0) is 36.6 Å². The number of nitrogens with one attached hydrogen (secondary N) is 1. The molecule has 3 aromatic heterocycles. The fourth-order valence-corrected chi connectivity index (χ4v) is 5.14. The van der Waals surface area contributed by atoms with E-state index < -0.39 is 0 Å². The minimum Gasteiger partial charge on any atom is -0.493 e. The fraction of sp³-hybridized carbons (Fsp3) is 0.211. The molecule has 0 amide bonds. The van der Waals surface area contributed by atoms with Gasteiger partial charge in [0.1, 0.15) is 9.84 Å². The molecule has 0 saturated carbocycles. The minimum atomic E-state index is -0.103. The van der Waals surface area contributed by atoms with Crippen LogP contribution in [0.4, 0.5) is 0 Å². The molecule has 28 heavy (non-hydrogen) atoms. The van der Waals surface area contributed by atoms with Gasteiger partial charge in [-0.1, -0.05) is 11.8 Å². The lowest BCUT2D eigenvalue weighted by Crippen LogP contribution is -2.07. The molecule has 3 heterocycles. The van der Waals surface area contributed by atoms with Crippen LogP contribution in [-0.2, 0) is 5.75 Å². The maximum atomic E-state index is 12.1. The molecule has 1 aromatic carbocycles. The van der Waals surface area contributed by atoms with E-state index in [0.717, 1.165) is 26.8 Å². The molecule has 9 heteroatoms. The highest BCUT2D eigenvalue weighted by molar-refractivity contribution is 7.98. The van der Waals surface area contributed by atoms with Crippen LogP contribution in [0.5, 0.6) is 11.5 Å². The van der Waals surface area contributed by atoms with E-state index in [4.69, 9.17) is 14.5 Å². The first-order valence-electron chi connectivity index (χ1n) is 8.54. The Kier molecular flexibility index (Phi) is 5.65. The second kappa shape index (κ2) is 8.34. The van der Waals surface area contributed by atoms with Crippen LogP contribution >= 0.6 is 34.4 Å². The van der Waals surface area contributed by atoms with E-state index in [1.54, 1.807) is 24.5 Å². The molecule has 0 aliphatic carbocycles. The predicted molar refractivity (Wildman–Crippen MR) is 115 cm³/mol. The van der Waals surface area contributed by atoms with Crippen molar-refractivity contribution in [3.63, 3.8) is 0 Å². The number of hydrogen-bond donors (Lipinski definition) is 1. The van der Waals surface area contributed by atoms with E-state index in [2.05, 4.69) is 9.97 Å². The summed E-state index contributed by atoms with van der Waals surface area (Å²) >= 11 is 4.51. The highest BCUT2D eigenvalue weighted by Gasteiger charge is 2.11. The van der Waals surface area contributed by atoms with E-state index in [-0.39, 0.29) is 5.56 Å². The number of thioether (sulfide) groups is 1. The molecule has 0 aliphatic heterocycles. The maximum absolute atomic E-state index is 12.1. The number of methoxy groups -OCH3 is 1. The van der Waals surface area contributed by atoms with Crippen molar-refractivity contribution in [3.05, 3.63) is 51.1 Å². The summed E-state index contributed by atoms with van der Waals surface area (Å²) in [5.74, 6) is 2.04. The quantitative estimate of drug-likeness (QED) is 0.334. The molecule has 1 N–H and O–H groups in total. The first-order chi connectivity index (χ1) is 13.7.